The lowest BCUT2D eigenvalue weighted by Gasteiger charge is -2.23. The van der Waals surface area contributed by atoms with Crippen molar-refractivity contribution in [3.05, 3.63) is 29.8 Å². The molecule has 0 saturated heterocycles. The van der Waals surface area contributed by atoms with Gasteiger partial charge in [0.05, 0.1) is 10.1 Å². The molecule has 1 aliphatic carbocycles. The average Bonchev–Trinajstić information content (AvgIpc) is 2.51. The Kier molecular flexibility index (Phi) is 1.93. The van der Waals surface area contributed by atoms with Crippen LogP contribution in [0.4, 0.5) is 0 Å². The van der Waals surface area contributed by atoms with Crippen LogP contribution in [0.2, 0.25) is 0 Å². The van der Waals surface area contributed by atoms with E-state index in [1.165, 1.54) is 6.42 Å². The Hall–Kier alpha value is -0.830. The number of hydrogen-bond donors (Lipinski definition) is 0. The third-order valence-electron chi connectivity index (χ3n) is 3.73. The molecule has 0 radical (unpaired) electrons. The molecule has 2 aliphatic rings. The summed E-state index contributed by atoms with van der Waals surface area (Å²) in [7, 11) is -3.01. The highest BCUT2D eigenvalue weighted by atomic mass is 32.2. The second-order valence-electron chi connectivity index (χ2n) is 4.51. The monoisotopic (exact) mass is 222 g/mol. The van der Waals surface area contributed by atoms with E-state index in [1.807, 2.05) is 18.2 Å². The van der Waals surface area contributed by atoms with E-state index in [2.05, 4.69) is 0 Å². The third kappa shape index (κ3) is 1.19. The van der Waals surface area contributed by atoms with Crippen molar-refractivity contribution in [1.82, 2.24) is 0 Å². The van der Waals surface area contributed by atoms with Crippen LogP contribution in [0.15, 0.2) is 29.2 Å². The number of sulfone groups is 1. The predicted molar refractivity (Wildman–Crippen MR) is 58.6 cm³/mol. The van der Waals surface area contributed by atoms with Crippen molar-refractivity contribution in [1.29, 1.82) is 0 Å². The lowest BCUT2D eigenvalue weighted by Crippen LogP contribution is -2.24. The van der Waals surface area contributed by atoms with Crippen molar-refractivity contribution < 1.29 is 8.42 Å². The van der Waals surface area contributed by atoms with Gasteiger partial charge < -0.3 is 0 Å². The van der Waals surface area contributed by atoms with Crippen molar-refractivity contribution >= 4 is 9.84 Å². The SMILES string of the molecule is O=S1(=O)c2ccccc2[C@@H]2CCCC[C@@H]21. The normalized spacial score (nSPS) is 32.0. The lowest BCUT2D eigenvalue weighted by molar-refractivity contribution is 0.446. The molecule has 15 heavy (non-hydrogen) atoms. The number of benzene rings is 1. The Morgan fingerprint density at radius 3 is 2.67 bits per heavy atom. The summed E-state index contributed by atoms with van der Waals surface area (Å²) in [6.45, 7) is 0. The molecule has 1 saturated carbocycles. The van der Waals surface area contributed by atoms with Gasteiger partial charge in [-0.15, -0.1) is 0 Å². The largest absolute Gasteiger partial charge is 0.223 e. The molecule has 1 aromatic rings. The molecular formula is C12H14O2S. The fraction of sp³-hybridized carbons (Fsp3) is 0.500. The van der Waals surface area contributed by atoms with Crippen LogP contribution in [-0.2, 0) is 9.84 Å². The van der Waals surface area contributed by atoms with Gasteiger partial charge in [-0.2, -0.15) is 0 Å². The minimum absolute atomic E-state index is 0.122. The molecule has 3 rings (SSSR count). The number of rotatable bonds is 0. The van der Waals surface area contributed by atoms with Crippen LogP contribution in [0, 0.1) is 0 Å². The van der Waals surface area contributed by atoms with Crippen LogP contribution in [0.1, 0.15) is 37.2 Å². The quantitative estimate of drug-likeness (QED) is 0.676. The summed E-state index contributed by atoms with van der Waals surface area (Å²) in [5.41, 5.74) is 1.07. The maximum Gasteiger partial charge on any atom is 0.182 e. The van der Waals surface area contributed by atoms with E-state index in [9.17, 15) is 8.42 Å². The lowest BCUT2D eigenvalue weighted by atomic mass is 9.84. The smallest absolute Gasteiger partial charge is 0.182 e. The van der Waals surface area contributed by atoms with Gasteiger partial charge in [0.25, 0.3) is 0 Å². The second kappa shape index (κ2) is 3.08. The first-order valence-electron chi connectivity index (χ1n) is 5.54. The Bertz CT molecular complexity index is 490. The van der Waals surface area contributed by atoms with E-state index in [-0.39, 0.29) is 11.2 Å². The van der Waals surface area contributed by atoms with Crippen LogP contribution in [-0.4, -0.2) is 13.7 Å². The molecule has 0 unspecified atom stereocenters. The summed E-state index contributed by atoms with van der Waals surface area (Å²) >= 11 is 0. The van der Waals surface area contributed by atoms with Crippen molar-refractivity contribution in [3.8, 4) is 0 Å². The van der Waals surface area contributed by atoms with Gasteiger partial charge >= 0.3 is 0 Å². The van der Waals surface area contributed by atoms with E-state index < -0.39 is 9.84 Å². The zero-order valence-electron chi connectivity index (χ0n) is 8.52. The molecule has 80 valence electrons. The number of fused-ring (bicyclic) bond motifs is 3. The molecule has 0 bridgehead atoms. The summed E-state index contributed by atoms with van der Waals surface area (Å²) in [6.07, 6.45) is 4.13. The molecule has 1 fully saturated rings. The zero-order chi connectivity index (χ0) is 10.5. The molecular weight excluding hydrogens is 208 g/mol. The molecule has 1 aliphatic heterocycles. The summed E-state index contributed by atoms with van der Waals surface area (Å²) in [6, 6.07) is 7.53. The molecule has 0 N–H and O–H groups in total. The molecule has 0 spiro atoms. The van der Waals surface area contributed by atoms with Crippen LogP contribution >= 0.6 is 0 Å². The van der Waals surface area contributed by atoms with E-state index in [4.69, 9.17) is 0 Å². The first-order valence-corrected chi connectivity index (χ1v) is 7.09. The topological polar surface area (TPSA) is 34.1 Å². The number of hydrogen-bond acceptors (Lipinski definition) is 2. The Morgan fingerprint density at radius 2 is 1.80 bits per heavy atom. The fourth-order valence-electron chi connectivity index (χ4n) is 3.03. The van der Waals surface area contributed by atoms with Crippen molar-refractivity contribution in [3.63, 3.8) is 0 Å². The van der Waals surface area contributed by atoms with Crippen LogP contribution in [0.3, 0.4) is 0 Å². The summed E-state index contributed by atoms with van der Waals surface area (Å²) in [5.74, 6) is 0.278. The van der Waals surface area contributed by atoms with E-state index >= 15 is 0 Å². The third-order valence-corrected chi connectivity index (χ3v) is 6.07. The van der Waals surface area contributed by atoms with Crippen LogP contribution in [0.5, 0.6) is 0 Å². The van der Waals surface area contributed by atoms with Gasteiger partial charge in [-0.3, -0.25) is 0 Å². The Labute approximate surface area is 90.2 Å². The van der Waals surface area contributed by atoms with E-state index in [0.29, 0.717) is 4.90 Å². The minimum atomic E-state index is -3.01. The van der Waals surface area contributed by atoms with E-state index in [1.54, 1.807) is 6.07 Å². The minimum Gasteiger partial charge on any atom is -0.223 e. The maximum atomic E-state index is 12.2. The van der Waals surface area contributed by atoms with Gasteiger partial charge in [0.2, 0.25) is 0 Å². The molecule has 2 nitrogen and oxygen atoms in total. The first kappa shape index (κ1) is 9.40. The van der Waals surface area contributed by atoms with E-state index in [0.717, 1.165) is 24.8 Å². The highest BCUT2D eigenvalue weighted by Gasteiger charge is 2.45. The summed E-state index contributed by atoms with van der Waals surface area (Å²) in [4.78, 5) is 0.599. The zero-order valence-corrected chi connectivity index (χ0v) is 9.33. The molecule has 3 heteroatoms. The van der Waals surface area contributed by atoms with Crippen LogP contribution in [0.25, 0.3) is 0 Å². The van der Waals surface area contributed by atoms with Gasteiger partial charge in [0.15, 0.2) is 9.84 Å². The van der Waals surface area contributed by atoms with Gasteiger partial charge in [-0.05, 0) is 24.5 Å². The molecule has 0 aromatic heterocycles. The average molecular weight is 222 g/mol. The molecule has 1 aromatic carbocycles. The Balaban J connectivity index is 2.22. The molecule has 1 heterocycles. The highest BCUT2D eigenvalue weighted by Crippen LogP contribution is 2.47. The second-order valence-corrected chi connectivity index (χ2v) is 6.65. The van der Waals surface area contributed by atoms with Gasteiger partial charge in [0, 0.05) is 5.92 Å². The van der Waals surface area contributed by atoms with Gasteiger partial charge in [-0.1, -0.05) is 31.0 Å². The van der Waals surface area contributed by atoms with Crippen LogP contribution < -0.4 is 0 Å². The molecule has 2 atom stereocenters. The Morgan fingerprint density at radius 1 is 1.07 bits per heavy atom. The van der Waals surface area contributed by atoms with Gasteiger partial charge in [0.1, 0.15) is 0 Å². The fourth-order valence-corrected chi connectivity index (χ4v) is 5.37. The van der Waals surface area contributed by atoms with Crippen molar-refractivity contribution in [2.24, 2.45) is 0 Å². The van der Waals surface area contributed by atoms with Gasteiger partial charge in [-0.25, -0.2) is 8.42 Å². The van der Waals surface area contributed by atoms with Crippen molar-refractivity contribution in [2.75, 3.05) is 0 Å². The maximum absolute atomic E-state index is 12.2. The standard InChI is InChI=1S/C12H14O2S/c13-15(14)11-7-3-1-5-9(11)10-6-2-4-8-12(10)15/h1,3,5,7,10,12H,2,4,6,8H2/t10-,12-/m0/s1. The summed E-state index contributed by atoms with van der Waals surface area (Å²) in [5, 5.41) is -0.122. The molecule has 0 amide bonds. The summed E-state index contributed by atoms with van der Waals surface area (Å²) < 4.78 is 24.4. The predicted octanol–water partition coefficient (Wildman–Crippen LogP) is 2.50. The van der Waals surface area contributed by atoms with Crippen molar-refractivity contribution in [2.45, 2.75) is 41.7 Å². The first-order chi connectivity index (χ1) is 7.21. The highest BCUT2D eigenvalue weighted by molar-refractivity contribution is 7.92.